The first-order valence-electron chi connectivity index (χ1n) is 6.01. The Labute approximate surface area is 111 Å². The lowest BCUT2D eigenvalue weighted by atomic mass is 10.2. The van der Waals surface area contributed by atoms with Crippen molar-refractivity contribution in [2.45, 2.75) is 6.04 Å². The lowest BCUT2D eigenvalue weighted by molar-refractivity contribution is -0.00485. The Kier molecular flexibility index (Phi) is 4.34. The topological polar surface area (TPSA) is 85.6 Å². The summed E-state index contributed by atoms with van der Waals surface area (Å²) in [5.41, 5.74) is 1.16. The van der Waals surface area contributed by atoms with E-state index in [4.69, 9.17) is 10.00 Å². The molecule has 1 unspecified atom stereocenters. The van der Waals surface area contributed by atoms with E-state index in [2.05, 4.69) is 5.32 Å². The highest BCUT2D eigenvalue weighted by Crippen LogP contribution is 2.12. The van der Waals surface area contributed by atoms with Gasteiger partial charge in [-0.3, -0.25) is 0 Å². The largest absolute Gasteiger partial charge is 0.394 e. The highest BCUT2D eigenvalue weighted by molar-refractivity contribution is 5.89. The number of benzene rings is 1. The molecule has 1 atom stereocenters. The average molecular weight is 261 g/mol. The van der Waals surface area contributed by atoms with Gasteiger partial charge in [0.2, 0.25) is 0 Å². The van der Waals surface area contributed by atoms with Crippen LogP contribution in [0.5, 0.6) is 0 Å². The molecule has 1 aliphatic heterocycles. The van der Waals surface area contributed by atoms with Gasteiger partial charge in [-0.25, -0.2) is 4.79 Å². The fourth-order valence-corrected chi connectivity index (χ4v) is 1.90. The molecular formula is C13H15N3O3. The van der Waals surface area contributed by atoms with E-state index in [1.807, 2.05) is 6.07 Å². The third-order valence-electron chi connectivity index (χ3n) is 2.96. The molecule has 100 valence electrons. The quantitative estimate of drug-likeness (QED) is 0.824. The first-order valence-corrected chi connectivity index (χ1v) is 6.01. The number of rotatable bonds is 2. The zero-order chi connectivity index (χ0) is 13.7. The number of amides is 2. The van der Waals surface area contributed by atoms with Crippen LogP contribution in [0.25, 0.3) is 0 Å². The second-order valence-corrected chi connectivity index (χ2v) is 4.22. The molecule has 0 saturated carbocycles. The van der Waals surface area contributed by atoms with Crippen molar-refractivity contribution in [2.75, 3.05) is 31.7 Å². The minimum absolute atomic E-state index is 0.124. The van der Waals surface area contributed by atoms with Crippen molar-refractivity contribution >= 4 is 11.7 Å². The van der Waals surface area contributed by atoms with Crippen LogP contribution in [0.15, 0.2) is 24.3 Å². The van der Waals surface area contributed by atoms with Crippen molar-refractivity contribution in [3.63, 3.8) is 0 Å². The molecule has 2 rings (SSSR count). The Bertz CT molecular complexity index is 481. The van der Waals surface area contributed by atoms with Gasteiger partial charge >= 0.3 is 6.03 Å². The molecule has 2 N–H and O–H groups in total. The van der Waals surface area contributed by atoms with Gasteiger partial charge in [-0.15, -0.1) is 0 Å². The minimum atomic E-state index is -0.313. The van der Waals surface area contributed by atoms with E-state index < -0.39 is 0 Å². The van der Waals surface area contributed by atoms with Gasteiger partial charge < -0.3 is 20.1 Å². The van der Waals surface area contributed by atoms with Crippen LogP contribution in [0.1, 0.15) is 5.56 Å². The van der Waals surface area contributed by atoms with Crippen LogP contribution in [0.4, 0.5) is 10.5 Å². The fourth-order valence-electron chi connectivity index (χ4n) is 1.90. The zero-order valence-corrected chi connectivity index (χ0v) is 10.4. The predicted octanol–water partition coefficient (Wildman–Crippen LogP) is 0.783. The Balaban J connectivity index is 2.01. The third kappa shape index (κ3) is 3.22. The number of hydrogen-bond acceptors (Lipinski definition) is 4. The highest BCUT2D eigenvalue weighted by Gasteiger charge is 2.26. The normalized spacial score (nSPS) is 18.7. The predicted molar refractivity (Wildman–Crippen MR) is 68.6 cm³/mol. The van der Waals surface area contributed by atoms with Crippen LogP contribution < -0.4 is 5.32 Å². The SMILES string of the molecule is N#Cc1ccc(NC(=O)N2CCOCC2CO)cc1. The summed E-state index contributed by atoms with van der Waals surface area (Å²) in [6, 6.07) is 8.05. The number of urea groups is 1. The standard InChI is InChI=1S/C13H15N3O3/c14-7-10-1-3-11(4-2-10)15-13(18)16-5-6-19-9-12(16)8-17/h1-4,12,17H,5-6,8-9H2,(H,15,18). The number of aliphatic hydroxyl groups excluding tert-OH is 1. The van der Waals surface area contributed by atoms with E-state index in [0.717, 1.165) is 0 Å². The molecule has 1 fully saturated rings. The molecular weight excluding hydrogens is 246 g/mol. The smallest absolute Gasteiger partial charge is 0.322 e. The number of nitriles is 1. The second-order valence-electron chi connectivity index (χ2n) is 4.22. The maximum atomic E-state index is 12.1. The first kappa shape index (κ1) is 13.3. The lowest BCUT2D eigenvalue weighted by Gasteiger charge is -2.34. The Morgan fingerprint density at radius 1 is 1.53 bits per heavy atom. The highest BCUT2D eigenvalue weighted by atomic mass is 16.5. The number of carbonyl (C=O) groups is 1. The van der Waals surface area contributed by atoms with Gasteiger partial charge in [-0.2, -0.15) is 5.26 Å². The van der Waals surface area contributed by atoms with Crippen molar-refractivity contribution in [2.24, 2.45) is 0 Å². The molecule has 0 aliphatic carbocycles. The van der Waals surface area contributed by atoms with Crippen LogP contribution in [0.2, 0.25) is 0 Å². The zero-order valence-electron chi connectivity index (χ0n) is 10.4. The number of nitrogens with zero attached hydrogens (tertiary/aromatic N) is 2. The van der Waals surface area contributed by atoms with Crippen LogP contribution in [-0.2, 0) is 4.74 Å². The molecule has 6 nitrogen and oxygen atoms in total. The van der Waals surface area contributed by atoms with Crippen LogP contribution in [0, 0.1) is 11.3 Å². The number of hydrogen-bond donors (Lipinski definition) is 2. The van der Waals surface area contributed by atoms with Crippen molar-refractivity contribution in [1.82, 2.24) is 4.90 Å². The van der Waals surface area contributed by atoms with E-state index in [0.29, 0.717) is 31.0 Å². The van der Waals surface area contributed by atoms with Gasteiger partial charge in [0.25, 0.3) is 0 Å². The number of morpholine rings is 1. The number of anilines is 1. The van der Waals surface area contributed by atoms with E-state index in [9.17, 15) is 9.90 Å². The van der Waals surface area contributed by atoms with Crippen LogP contribution >= 0.6 is 0 Å². The maximum absolute atomic E-state index is 12.1. The summed E-state index contributed by atoms with van der Waals surface area (Å²) in [6.07, 6.45) is 0. The van der Waals surface area contributed by atoms with Gasteiger partial charge in [0.15, 0.2) is 0 Å². The van der Waals surface area contributed by atoms with Crippen LogP contribution in [0.3, 0.4) is 0 Å². The molecule has 1 aromatic rings. The van der Waals surface area contributed by atoms with Gasteiger partial charge in [-0.05, 0) is 24.3 Å². The summed E-state index contributed by atoms with van der Waals surface area (Å²) in [5.74, 6) is 0. The van der Waals surface area contributed by atoms with E-state index in [1.165, 1.54) is 0 Å². The van der Waals surface area contributed by atoms with Crippen LogP contribution in [-0.4, -0.2) is 48.4 Å². The average Bonchev–Trinajstić information content (AvgIpc) is 2.48. The molecule has 6 heteroatoms. The van der Waals surface area contributed by atoms with Gasteiger partial charge in [0.05, 0.1) is 37.5 Å². The van der Waals surface area contributed by atoms with Crippen molar-refractivity contribution in [1.29, 1.82) is 5.26 Å². The molecule has 2 amide bonds. The second kappa shape index (κ2) is 6.18. The molecule has 0 bridgehead atoms. The lowest BCUT2D eigenvalue weighted by Crippen LogP contribution is -2.52. The summed E-state index contributed by atoms with van der Waals surface area (Å²) in [5, 5.41) is 20.6. The Morgan fingerprint density at radius 3 is 2.89 bits per heavy atom. The van der Waals surface area contributed by atoms with Gasteiger partial charge in [0, 0.05) is 12.2 Å². The maximum Gasteiger partial charge on any atom is 0.322 e. The Morgan fingerprint density at radius 2 is 2.26 bits per heavy atom. The van der Waals surface area contributed by atoms with Crippen molar-refractivity contribution in [3.8, 4) is 6.07 Å². The van der Waals surface area contributed by atoms with E-state index in [1.54, 1.807) is 29.2 Å². The molecule has 1 aliphatic rings. The molecule has 0 aromatic heterocycles. The number of nitrogens with one attached hydrogen (secondary N) is 1. The molecule has 1 heterocycles. The molecule has 0 radical (unpaired) electrons. The van der Waals surface area contributed by atoms with Crippen molar-refractivity contribution in [3.05, 3.63) is 29.8 Å². The molecule has 0 spiro atoms. The summed E-state index contributed by atoms with van der Waals surface area (Å²) in [7, 11) is 0. The minimum Gasteiger partial charge on any atom is -0.394 e. The van der Waals surface area contributed by atoms with Crippen molar-refractivity contribution < 1.29 is 14.6 Å². The van der Waals surface area contributed by atoms with Gasteiger partial charge in [0.1, 0.15) is 0 Å². The number of aliphatic hydroxyl groups is 1. The monoisotopic (exact) mass is 261 g/mol. The van der Waals surface area contributed by atoms with E-state index >= 15 is 0 Å². The summed E-state index contributed by atoms with van der Waals surface area (Å²) >= 11 is 0. The fraction of sp³-hybridized carbons (Fsp3) is 0.385. The third-order valence-corrected chi connectivity index (χ3v) is 2.96. The number of ether oxygens (including phenoxy) is 1. The first-order chi connectivity index (χ1) is 9.24. The molecule has 1 saturated heterocycles. The summed E-state index contributed by atoms with van der Waals surface area (Å²) in [6.45, 7) is 1.14. The number of carbonyl (C=O) groups excluding carboxylic acids is 1. The summed E-state index contributed by atoms with van der Waals surface area (Å²) in [4.78, 5) is 13.6. The summed E-state index contributed by atoms with van der Waals surface area (Å²) < 4.78 is 5.22. The van der Waals surface area contributed by atoms with E-state index in [-0.39, 0.29) is 18.7 Å². The molecule has 19 heavy (non-hydrogen) atoms. The van der Waals surface area contributed by atoms with Gasteiger partial charge in [-0.1, -0.05) is 0 Å². The molecule has 1 aromatic carbocycles. The Hall–Kier alpha value is -2.10.